The van der Waals surface area contributed by atoms with Crippen molar-refractivity contribution in [1.29, 1.82) is 0 Å². The Hall–Kier alpha value is -1.27. The van der Waals surface area contributed by atoms with Crippen molar-refractivity contribution >= 4 is 21.4 Å². The summed E-state index contributed by atoms with van der Waals surface area (Å²) in [5.41, 5.74) is 7.35. The fourth-order valence-corrected chi connectivity index (χ4v) is 3.72. The van der Waals surface area contributed by atoms with E-state index >= 15 is 0 Å². The van der Waals surface area contributed by atoms with Crippen LogP contribution in [0.5, 0.6) is 0 Å². The van der Waals surface area contributed by atoms with E-state index in [1.54, 1.807) is 6.07 Å². The first-order valence-corrected chi connectivity index (χ1v) is 9.02. The molecule has 0 bridgehead atoms. The van der Waals surface area contributed by atoms with Gasteiger partial charge in [0.1, 0.15) is 0 Å². The Balaban J connectivity index is 2.15. The van der Waals surface area contributed by atoms with E-state index in [0.717, 1.165) is 24.4 Å². The molecule has 6 heteroatoms. The fourth-order valence-electron chi connectivity index (χ4n) is 3.17. The smallest absolute Gasteiger partial charge is 0.238 e. The van der Waals surface area contributed by atoms with Crippen molar-refractivity contribution < 1.29 is 8.42 Å². The van der Waals surface area contributed by atoms with Gasteiger partial charge in [-0.2, -0.15) is 0 Å². The van der Waals surface area contributed by atoms with E-state index in [9.17, 15) is 8.42 Å². The van der Waals surface area contributed by atoms with Crippen molar-refractivity contribution in [3.05, 3.63) is 18.2 Å². The molecular weight excluding hydrogens is 286 g/mol. The van der Waals surface area contributed by atoms with Gasteiger partial charge in [0.15, 0.2) is 0 Å². The summed E-state index contributed by atoms with van der Waals surface area (Å²) in [5.74, 6) is 0.844. The van der Waals surface area contributed by atoms with Crippen LogP contribution in [-0.4, -0.2) is 21.5 Å². The fraction of sp³-hybridized carbons (Fsp3) is 0.600. The number of nitrogen functional groups attached to an aromatic ring is 1. The largest absolute Gasteiger partial charge is 0.397 e. The predicted octanol–water partition coefficient (Wildman–Crippen LogP) is 2.32. The van der Waals surface area contributed by atoms with Gasteiger partial charge in [-0.15, -0.1) is 0 Å². The van der Waals surface area contributed by atoms with Crippen LogP contribution in [0.1, 0.15) is 39.0 Å². The van der Waals surface area contributed by atoms with Crippen LogP contribution in [0.3, 0.4) is 0 Å². The zero-order chi connectivity index (χ0) is 15.6. The zero-order valence-corrected chi connectivity index (χ0v) is 13.6. The molecule has 0 spiro atoms. The van der Waals surface area contributed by atoms with Crippen molar-refractivity contribution in [2.75, 3.05) is 17.7 Å². The highest BCUT2D eigenvalue weighted by Crippen LogP contribution is 2.33. The van der Waals surface area contributed by atoms with Crippen LogP contribution >= 0.6 is 0 Å². The Kier molecular flexibility index (Phi) is 4.78. The normalized spacial score (nSPS) is 23.0. The molecule has 2 rings (SSSR count). The van der Waals surface area contributed by atoms with Crippen molar-refractivity contribution in [3.63, 3.8) is 0 Å². The van der Waals surface area contributed by atoms with Crippen molar-refractivity contribution in [3.8, 4) is 0 Å². The van der Waals surface area contributed by atoms with Gasteiger partial charge in [0.2, 0.25) is 10.0 Å². The molecule has 1 saturated carbocycles. The third-order valence-corrected chi connectivity index (χ3v) is 5.56. The lowest BCUT2D eigenvalue weighted by molar-refractivity contribution is 0.313. The van der Waals surface area contributed by atoms with Gasteiger partial charge in [-0.25, -0.2) is 13.6 Å². The van der Waals surface area contributed by atoms with E-state index in [4.69, 9.17) is 10.9 Å². The maximum atomic E-state index is 11.3. The van der Waals surface area contributed by atoms with E-state index in [0.29, 0.717) is 11.7 Å². The molecule has 1 aromatic rings. The summed E-state index contributed by atoms with van der Waals surface area (Å²) >= 11 is 0. The van der Waals surface area contributed by atoms with Gasteiger partial charge < -0.3 is 10.6 Å². The number of rotatable bonds is 4. The van der Waals surface area contributed by atoms with Crippen LogP contribution in [0.2, 0.25) is 0 Å². The summed E-state index contributed by atoms with van der Waals surface area (Å²) in [6, 6.07) is 5.19. The summed E-state index contributed by atoms with van der Waals surface area (Å²) in [6.07, 6.45) is 6.07. The Labute approximate surface area is 127 Å². The summed E-state index contributed by atoms with van der Waals surface area (Å²) < 4.78 is 22.7. The summed E-state index contributed by atoms with van der Waals surface area (Å²) in [5, 5.41) is 5.13. The lowest BCUT2D eigenvalue weighted by atomic mass is 9.84. The van der Waals surface area contributed by atoms with Gasteiger partial charge in [0, 0.05) is 13.1 Å². The molecule has 0 amide bonds. The Morgan fingerprint density at radius 2 is 1.86 bits per heavy atom. The topological polar surface area (TPSA) is 89.4 Å². The van der Waals surface area contributed by atoms with E-state index in [1.165, 1.54) is 31.4 Å². The minimum Gasteiger partial charge on any atom is -0.397 e. The van der Waals surface area contributed by atoms with E-state index in [-0.39, 0.29) is 4.90 Å². The second kappa shape index (κ2) is 6.23. The molecule has 0 radical (unpaired) electrons. The number of anilines is 2. The van der Waals surface area contributed by atoms with Crippen LogP contribution in [-0.2, 0) is 10.0 Å². The van der Waals surface area contributed by atoms with Crippen LogP contribution in [0.15, 0.2) is 23.1 Å². The standard InChI is InChI=1S/C15H25N3O2S/c1-3-11-4-6-12(7-5-11)18(2)15-9-8-13(10-14(15)16)21(17,19)20/h8-12H,3-7,16H2,1-2H3,(H2,17,19,20). The number of benzene rings is 1. The second-order valence-electron chi connectivity index (χ2n) is 5.96. The molecule has 1 aromatic carbocycles. The highest BCUT2D eigenvalue weighted by atomic mass is 32.2. The molecule has 4 N–H and O–H groups in total. The monoisotopic (exact) mass is 311 g/mol. The number of sulfonamides is 1. The van der Waals surface area contributed by atoms with Crippen LogP contribution in [0.25, 0.3) is 0 Å². The molecule has 0 aromatic heterocycles. The van der Waals surface area contributed by atoms with Gasteiger partial charge >= 0.3 is 0 Å². The first kappa shape index (κ1) is 16.1. The van der Waals surface area contributed by atoms with Crippen molar-refractivity contribution in [1.82, 2.24) is 0 Å². The average Bonchev–Trinajstić information content (AvgIpc) is 2.45. The molecule has 0 saturated heterocycles. The third-order valence-electron chi connectivity index (χ3n) is 4.65. The van der Waals surface area contributed by atoms with E-state index in [1.807, 2.05) is 7.05 Å². The maximum Gasteiger partial charge on any atom is 0.238 e. The third kappa shape index (κ3) is 3.68. The Bertz CT molecular complexity index is 593. The predicted molar refractivity (Wildman–Crippen MR) is 86.7 cm³/mol. The molecule has 1 aliphatic carbocycles. The van der Waals surface area contributed by atoms with Gasteiger partial charge in [0.05, 0.1) is 16.3 Å². The second-order valence-corrected chi connectivity index (χ2v) is 7.52. The van der Waals surface area contributed by atoms with Gasteiger partial charge in [-0.05, 0) is 49.8 Å². The highest BCUT2D eigenvalue weighted by molar-refractivity contribution is 7.89. The molecular formula is C15H25N3O2S. The Morgan fingerprint density at radius 1 is 1.24 bits per heavy atom. The lowest BCUT2D eigenvalue weighted by Gasteiger charge is -2.36. The Morgan fingerprint density at radius 3 is 2.33 bits per heavy atom. The van der Waals surface area contributed by atoms with E-state index in [2.05, 4.69) is 11.8 Å². The molecule has 1 aliphatic rings. The first-order chi connectivity index (χ1) is 9.82. The van der Waals surface area contributed by atoms with Gasteiger partial charge in [-0.3, -0.25) is 0 Å². The molecule has 5 nitrogen and oxygen atoms in total. The van der Waals surface area contributed by atoms with Gasteiger partial charge in [-0.1, -0.05) is 13.3 Å². The summed E-state index contributed by atoms with van der Waals surface area (Å²) in [4.78, 5) is 2.24. The summed E-state index contributed by atoms with van der Waals surface area (Å²) in [6.45, 7) is 2.25. The average molecular weight is 311 g/mol. The lowest BCUT2D eigenvalue weighted by Crippen LogP contribution is -2.35. The maximum absolute atomic E-state index is 11.3. The quantitative estimate of drug-likeness (QED) is 0.835. The van der Waals surface area contributed by atoms with Crippen LogP contribution in [0.4, 0.5) is 11.4 Å². The molecule has 0 unspecified atom stereocenters. The summed E-state index contributed by atoms with van der Waals surface area (Å²) in [7, 11) is -1.67. The number of hydrogen-bond donors (Lipinski definition) is 2. The SMILES string of the molecule is CCC1CCC(N(C)c2ccc(S(N)(=O)=O)cc2N)CC1. The molecule has 21 heavy (non-hydrogen) atoms. The molecule has 0 atom stereocenters. The van der Waals surface area contributed by atoms with Crippen molar-refractivity contribution in [2.24, 2.45) is 11.1 Å². The highest BCUT2D eigenvalue weighted by Gasteiger charge is 2.24. The molecule has 0 aliphatic heterocycles. The number of hydrogen-bond acceptors (Lipinski definition) is 4. The minimum atomic E-state index is -3.70. The minimum absolute atomic E-state index is 0.0619. The molecule has 118 valence electrons. The molecule has 0 heterocycles. The van der Waals surface area contributed by atoms with Crippen molar-refractivity contribution in [2.45, 2.75) is 50.0 Å². The molecule has 1 fully saturated rings. The van der Waals surface area contributed by atoms with Crippen LogP contribution in [0, 0.1) is 5.92 Å². The van der Waals surface area contributed by atoms with Gasteiger partial charge in [0.25, 0.3) is 0 Å². The number of nitrogens with two attached hydrogens (primary N) is 2. The van der Waals surface area contributed by atoms with Crippen LogP contribution < -0.4 is 15.8 Å². The number of primary sulfonamides is 1. The number of nitrogens with zero attached hydrogens (tertiary/aromatic N) is 1. The zero-order valence-electron chi connectivity index (χ0n) is 12.7. The van der Waals surface area contributed by atoms with E-state index < -0.39 is 10.0 Å². The first-order valence-electron chi connectivity index (χ1n) is 7.48.